The van der Waals surface area contributed by atoms with Crippen LogP contribution in [0.15, 0.2) is 35.4 Å². The number of hydrogen-bond donors (Lipinski definition) is 1. The van der Waals surface area contributed by atoms with E-state index in [1.165, 1.54) is 5.56 Å². The first-order chi connectivity index (χ1) is 18.3. The van der Waals surface area contributed by atoms with Crippen molar-refractivity contribution in [2.24, 2.45) is 0 Å². The van der Waals surface area contributed by atoms with Gasteiger partial charge in [-0.2, -0.15) is 0 Å². The van der Waals surface area contributed by atoms with Crippen LogP contribution in [0.5, 0.6) is 5.75 Å². The minimum Gasteiger partial charge on any atom is -0.492 e. The number of piperidine rings is 1. The van der Waals surface area contributed by atoms with Gasteiger partial charge in [-0.05, 0) is 62.2 Å². The van der Waals surface area contributed by atoms with Crippen molar-refractivity contribution in [3.8, 4) is 5.75 Å². The number of ether oxygens (including phenoxy) is 1. The van der Waals surface area contributed by atoms with Gasteiger partial charge in [0.2, 0.25) is 5.91 Å². The van der Waals surface area contributed by atoms with Gasteiger partial charge < -0.3 is 19.7 Å². The fraction of sp³-hybridized carbons (Fsp3) is 0.517. The molecule has 202 valence electrons. The second-order valence-corrected chi connectivity index (χ2v) is 12.4. The Kier molecular flexibility index (Phi) is 7.77. The molecule has 0 aliphatic carbocycles. The highest BCUT2D eigenvalue weighted by molar-refractivity contribution is 7.99. The lowest BCUT2D eigenvalue weighted by Crippen LogP contribution is -2.43. The smallest absolute Gasteiger partial charge is 0.255 e. The molecule has 1 saturated heterocycles. The SMILES string of the molecule is CNC(=O)CCC(C=O)N1Cc2cc3c(cc2C1=O)OCC31CCN(Cc2cccc(SC(C)C)n2)CC1. The zero-order valence-electron chi connectivity index (χ0n) is 22.4. The second-order valence-electron chi connectivity index (χ2n) is 10.8. The van der Waals surface area contributed by atoms with E-state index in [1.807, 2.05) is 6.07 Å². The number of carbonyl (C=O) groups is 3. The van der Waals surface area contributed by atoms with E-state index < -0.39 is 6.04 Å². The van der Waals surface area contributed by atoms with Crippen LogP contribution in [0.3, 0.4) is 0 Å². The number of fused-ring (bicyclic) bond motifs is 3. The molecule has 1 aromatic heterocycles. The first-order valence-electron chi connectivity index (χ1n) is 13.4. The van der Waals surface area contributed by atoms with E-state index in [0.717, 1.165) is 60.8 Å². The summed E-state index contributed by atoms with van der Waals surface area (Å²) in [6, 6.07) is 9.67. The predicted octanol–water partition coefficient (Wildman–Crippen LogP) is 3.56. The summed E-state index contributed by atoms with van der Waals surface area (Å²) >= 11 is 1.79. The highest BCUT2D eigenvalue weighted by Crippen LogP contribution is 2.47. The Bertz CT molecular complexity index is 1230. The highest BCUT2D eigenvalue weighted by Gasteiger charge is 2.45. The van der Waals surface area contributed by atoms with E-state index in [2.05, 4.69) is 48.3 Å². The molecule has 4 heterocycles. The van der Waals surface area contributed by atoms with Gasteiger partial charge >= 0.3 is 0 Å². The van der Waals surface area contributed by atoms with E-state index in [4.69, 9.17) is 9.72 Å². The van der Waals surface area contributed by atoms with E-state index in [0.29, 0.717) is 30.4 Å². The van der Waals surface area contributed by atoms with Crippen molar-refractivity contribution in [1.82, 2.24) is 20.1 Å². The Morgan fingerprint density at radius 1 is 1.26 bits per heavy atom. The molecule has 1 atom stereocenters. The van der Waals surface area contributed by atoms with Crippen LogP contribution in [0.2, 0.25) is 0 Å². The van der Waals surface area contributed by atoms with Crippen LogP contribution in [0, 0.1) is 0 Å². The van der Waals surface area contributed by atoms with Crippen molar-refractivity contribution in [3.05, 3.63) is 52.7 Å². The summed E-state index contributed by atoms with van der Waals surface area (Å²) in [5.74, 6) is 0.488. The number of aldehydes is 1. The summed E-state index contributed by atoms with van der Waals surface area (Å²) in [5, 5.41) is 4.15. The molecule has 0 radical (unpaired) electrons. The van der Waals surface area contributed by atoms with E-state index >= 15 is 0 Å². The summed E-state index contributed by atoms with van der Waals surface area (Å²) < 4.78 is 6.16. The third-order valence-corrected chi connectivity index (χ3v) is 8.89. The Balaban J connectivity index is 1.26. The topological polar surface area (TPSA) is 91.8 Å². The normalized spacial score (nSPS) is 18.8. The predicted molar refractivity (Wildman–Crippen MR) is 146 cm³/mol. The van der Waals surface area contributed by atoms with Crippen molar-refractivity contribution in [2.45, 2.75) is 74.4 Å². The van der Waals surface area contributed by atoms with Crippen molar-refractivity contribution in [2.75, 3.05) is 26.7 Å². The monoisotopic (exact) mass is 536 g/mol. The fourth-order valence-electron chi connectivity index (χ4n) is 5.80. The molecule has 8 nitrogen and oxygen atoms in total. The molecule has 5 rings (SSSR count). The van der Waals surface area contributed by atoms with Gasteiger partial charge in [-0.25, -0.2) is 4.98 Å². The Morgan fingerprint density at radius 2 is 2.05 bits per heavy atom. The standard InChI is InChI=1S/C29H36N4O4S/c1-19(2)38-27-6-4-5-21(31-27)16-32-11-9-29(10-12-32)18-37-25-14-23-20(13-24(25)29)15-33(28(23)36)22(17-34)7-8-26(35)30-3/h4-6,13-14,17,19,22H,7-12,15-16,18H2,1-3H3,(H,30,35). The number of likely N-dealkylation sites (tertiary alicyclic amines) is 1. The molecule has 3 aliphatic heterocycles. The van der Waals surface area contributed by atoms with E-state index in [-0.39, 0.29) is 23.7 Å². The van der Waals surface area contributed by atoms with Crippen LogP contribution in [0.4, 0.5) is 0 Å². The van der Waals surface area contributed by atoms with Gasteiger partial charge in [0, 0.05) is 48.3 Å². The van der Waals surface area contributed by atoms with Crippen LogP contribution in [0.25, 0.3) is 0 Å². The van der Waals surface area contributed by atoms with E-state index in [9.17, 15) is 14.4 Å². The van der Waals surface area contributed by atoms with Crippen molar-refractivity contribution < 1.29 is 19.1 Å². The van der Waals surface area contributed by atoms with Gasteiger partial charge in [0.15, 0.2) is 0 Å². The van der Waals surface area contributed by atoms with Gasteiger partial charge in [-0.15, -0.1) is 11.8 Å². The Hall–Kier alpha value is -2.91. The summed E-state index contributed by atoms with van der Waals surface area (Å²) in [5.41, 5.74) is 3.79. The first-order valence-corrected chi connectivity index (χ1v) is 14.3. The van der Waals surface area contributed by atoms with Gasteiger partial charge in [-0.1, -0.05) is 19.9 Å². The maximum atomic E-state index is 13.2. The summed E-state index contributed by atoms with van der Waals surface area (Å²) in [6.07, 6.45) is 3.27. The molecule has 38 heavy (non-hydrogen) atoms. The van der Waals surface area contributed by atoms with Crippen LogP contribution in [-0.4, -0.2) is 70.9 Å². The van der Waals surface area contributed by atoms with E-state index in [1.54, 1.807) is 23.7 Å². The quantitative estimate of drug-likeness (QED) is 0.387. The summed E-state index contributed by atoms with van der Waals surface area (Å²) in [7, 11) is 1.57. The number of carbonyl (C=O) groups excluding carboxylic acids is 3. The minimum absolute atomic E-state index is 0.0522. The van der Waals surface area contributed by atoms with Gasteiger partial charge in [0.1, 0.15) is 12.0 Å². The Labute approximate surface area is 228 Å². The van der Waals surface area contributed by atoms with Gasteiger partial charge in [0.25, 0.3) is 5.91 Å². The number of thioether (sulfide) groups is 1. The van der Waals surface area contributed by atoms with Crippen LogP contribution in [-0.2, 0) is 28.1 Å². The lowest BCUT2D eigenvalue weighted by Gasteiger charge is -2.38. The molecule has 1 unspecified atom stereocenters. The minimum atomic E-state index is -0.619. The second kappa shape index (κ2) is 11.1. The summed E-state index contributed by atoms with van der Waals surface area (Å²) in [4.78, 5) is 45.6. The molecule has 0 saturated carbocycles. The van der Waals surface area contributed by atoms with Crippen molar-refractivity contribution in [3.63, 3.8) is 0 Å². The average Bonchev–Trinajstić information content (AvgIpc) is 3.41. The molecule has 2 aromatic rings. The fourth-order valence-corrected chi connectivity index (χ4v) is 6.61. The van der Waals surface area contributed by atoms with Gasteiger partial charge in [-0.3, -0.25) is 14.5 Å². The molecule has 1 spiro atoms. The molecule has 1 fully saturated rings. The lowest BCUT2D eigenvalue weighted by atomic mass is 9.74. The molecular weight excluding hydrogens is 500 g/mol. The third kappa shape index (κ3) is 5.31. The lowest BCUT2D eigenvalue weighted by molar-refractivity contribution is -0.121. The number of pyridine rings is 1. The molecule has 2 amide bonds. The Morgan fingerprint density at radius 3 is 2.76 bits per heavy atom. The van der Waals surface area contributed by atoms with Crippen LogP contribution in [0.1, 0.15) is 66.7 Å². The molecular formula is C29H36N4O4S. The number of rotatable bonds is 9. The third-order valence-electron chi connectivity index (χ3n) is 7.95. The molecule has 9 heteroatoms. The zero-order chi connectivity index (χ0) is 26.9. The number of aromatic nitrogens is 1. The summed E-state index contributed by atoms with van der Waals surface area (Å²) in [6.45, 7) is 8.15. The average molecular weight is 537 g/mol. The number of amides is 2. The number of benzene rings is 1. The maximum Gasteiger partial charge on any atom is 0.255 e. The van der Waals surface area contributed by atoms with Crippen molar-refractivity contribution in [1.29, 1.82) is 0 Å². The molecule has 3 aliphatic rings. The molecule has 0 bridgehead atoms. The first kappa shape index (κ1) is 26.7. The molecule has 1 aromatic carbocycles. The zero-order valence-corrected chi connectivity index (χ0v) is 23.2. The number of nitrogens with zero attached hydrogens (tertiary/aromatic N) is 3. The maximum absolute atomic E-state index is 13.2. The highest BCUT2D eigenvalue weighted by atomic mass is 32.2. The van der Waals surface area contributed by atoms with Crippen LogP contribution >= 0.6 is 11.8 Å². The van der Waals surface area contributed by atoms with Crippen molar-refractivity contribution >= 4 is 29.9 Å². The van der Waals surface area contributed by atoms with Gasteiger partial charge in [0.05, 0.1) is 23.4 Å². The number of hydrogen-bond acceptors (Lipinski definition) is 7. The van der Waals surface area contributed by atoms with Crippen LogP contribution < -0.4 is 10.1 Å². The molecule has 1 N–H and O–H groups in total. The largest absolute Gasteiger partial charge is 0.492 e. The number of nitrogens with one attached hydrogen (secondary N) is 1.